The molecule has 4 aromatic rings. The van der Waals surface area contributed by atoms with E-state index in [2.05, 4.69) is 29.2 Å². The van der Waals surface area contributed by atoms with Crippen LogP contribution in [0.15, 0.2) is 65.8 Å². The molecule has 0 saturated carbocycles. The second-order valence-corrected chi connectivity index (χ2v) is 7.31. The number of methoxy groups -OCH3 is 3. The van der Waals surface area contributed by atoms with Gasteiger partial charge in [0.25, 0.3) is 0 Å². The predicted octanol–water partition coefficient (Wildman–Crippen LogP) is 5.05. The quantitative estimate of drug-likeness (QED) is 0.410. The smallest absolute Gasteiger partial charge is 0.204 e. The number of ether oxygens (including phenoxy) is 3. The molecule has 0 atom stereocenters. The normalized spacial score (nSPS) is 13.2. The second-order valence-electron chi connectivity index (χ2n) is 7.31. The van der Waals surface area contributed by atoms with E-state index in [9.17, 15) is 0 Å². The Hall–Kier alpha value is -3.93. The topological polar surface area (TPSA) is 57.0 Å². The molecule has 1 N–H and O–H groups in total. The number of nitrogens with one attached hydrogen (secondary N) is 1. The van der Waals surface area contributed by atoms with Gasteiger partial charge in [0.1, 0.15) is 5.71 Å². The second kappa shape index (κ2) is 7.40. The molecule has 0 unspecified atom stereocenters. The fraction of sp³-hybridized carbons (Fsp3) is 0.160. The Balaban J connectivity index is 1.85. The Bertz CT molecular complexity index is 1320. The van der Waals surface area contributed by atoms with E-state index in [4.69, 9.17) is 19.3 Å². The number of anilines is 1. The molecule has 1 heterocycles. The van der Waals surface area contributed by atoms with Gasteiger partial charge in [-0.05, 0) is 24.3 Å². The van der Waals surface area contributed by atoms with E-state index >= 15 is 0 Å². The van der Waals surface area contributed by atoms with E-state index in [1.165, 1.54) is 0 Å². The molecule has 1 aliphatic carbocycles. The van der Waals surface area contributed by atoms with Crippen molar-refractivity contribution in [2.75, 3.05) is 26.8 Å². The van der Waals surface area contributed by atoms with E-state index in [0.29, 0.717) is 17.2 Å². The maximum atomic E-state index is 5.85. The van der Waals surface area contributed by atoms with Crippen LogP contribution in [-0.4, -0.2) is 31.6 Å². The largest absolute Gasteiger partial charge is 0.493 e. The number of fused-ring (bicyclic) bond motifs is 5. The molecule has 1 aliphatic rings. The summed E-state index contributed by atoms with van der Waals surface area (Å²) in [5.41, 5.74) is 10.1. The minimum atomic E-state index is 0.567. The number of hydrogen-bond acceptors (Lipinski definition) is 5. The third-order valence-electron chi connectivity index (χ3n) is 5.74. The fourth-order valence-electron chi connectivity index (χ4n) is 4.39. The Morgan fingerprint density at radius 1 is 0.806 bits per heavy atom. The molecule has 0 spiro atoms. The molecule has 0 saturated heterocycles. The average molecular weight is 413 g/mol. The maximum absolute atomic E-state index is 5.85. The molecule has 0 bridgehead atoms. The zero-order chi connectivity index (χ0) is 21.5. The third kappa shape index (κ3) is 2.75. The molecule has 1 aromatic heterocycles. The highest BCUT2D eigenvalue weighted by Gasteiger charge is 2.36. The summed E-state index contributed by atoms with van der Waals surface area (Å²) in [5, 5.41) is 5.98. The van der Waals surface area contributed by atoms with Crippen molar-refractivity contribution in [2.45, 2.75) is 0 Å². The first kappa shape index (κ1) is 19.1. The molecule has 0 aliphatic heterocycles. The van der Waals surface area contributed by atoms with Crippen molar-refractivity contribution in [1.29, 1.82) is 0 Å². The molecule has 0 amide bonds. The number of benzene rings is 3. The van der Waals surface area contributed by atoms with Crippen LogP contribution < -0.4 is 19.6 Å². The molecule has 31 heavy (non-hydrogen) atoms. The first-order valence-corrected chi connectivity index (χ1v) is 9.99. The lowest BCUT2D eigenvalue weighted by molar-refractivity contribution is 0.325. The number of hydrogen-bond donors (Lipinski definition) is 1. The van der Waals surface area contributed by atoms with E-state index < -0.39 is 0 Å². The molecule has 6 nitrogen and oxygen atoms in total. The lowest BCUT2D eigenvalue weighted by Gasteiger charge is -2.17. The lowest BCUT2D eigenvalue weighted by Crippen LogP contribution is -2.05. The predicted molar refractivity (Wildman–Crippen MR) is 124 cm³/mol. The van der Waals surface area contributed by atoms with Gasteiger partial charge < -0.3 is 18.8 Å². The monoisotopic (exact) mass is 413 g/mol. The van der Waals surface area contributed by atoms with Gasteiger partial charge in [0.15, 0.2) is 11.5 Å². The minimum absolute atomic E-state index is 0.567. The number of para-hydroxylation sites is 2. The third-order valence-corrected chi connectivity index (χ3v) is 5.74. The van der Waals surface area contributed by atoms with Crippen LogP contribution in [0.5, 0.6) is 17.2 Å². The molecule has 6 heteroatoms. The van der Waals surface area contributed by atoms with E-state index in [0.717, 1.165) is 44.7 Å². The van der Waals surface area contributed by atoms with Crippen molar-refractivity contribution in [2.24, 2.45) is 12.1 Å². The van der Waals surface area contributed by atoms with Gasteiger partial charge in [-0.1, -0.05) is 36.4 Å². The van der Waals surface area contributed by atoms with Gasteiger partial charge in [-0.2, -0.15) is 5.10 Å². The summed E-state index contributed by atoms with van der Waals surface area (Å²) < 4.78 is 19.3. The van der Waals surface area contributed by atoms with Crippen molar-refractivity contribution in [3.05, 3.63) is 71.8 Å². The summed E-state index contributed by atoms with van der Waals surface area (Å²) in [7, 11) is 6.96. The molecule has 156 valence electrons. The van der Waals surface area contributed by atoms with Crippen molar-refractivity contribution in [3.63, 3.8) is 0 Å². The minimum Gasteiger partial charge on any atom is -0.493 e. The van der Waals surface area contributed by atoms with Crippen LogP contribution in [0, 0.1) is 0 Å². The highest BCUT2D eigenvalue weighted by Crippen LogP contribution is 2.53. The maximum Gasteiger partial charge on any atom is 0.204 e. The Labute approximate surface area is 180 Å². The fourth-order valence-corrected chi connectivity index (χ4v) is 4.39. The number of aryl methyl sites for hydroxylation is 1. The molecule has 5 rings (SSSR count). The number of nitrogens with zero attached hydrogens (tertiary/aromatic N) is 2. The van der Waals surface area contributed by atoms with Gasteiger partial charge >= 0.3 is 0 Å². The van der Waals surface area contributed by atoms with Crippen molar-refractivity contribution < 1.29 is 14.2 Å². The highest BCUT2D eigenvalue weighted by atomic mass is 16.5. The van der Waals surface area contributed by atoms with Gasteiger partial charge in [-0.3, -0.25) is 5.43 Å². The van der Waals surface area contributed by atoms with Crippen molar-refractivity contribution >= 4 is 22.3 Å². The summed E-state index contributed by atoms with van der Waals surface area (Å²) >= 11 is 0. The standard InChI is InChI=1S/C25H23N3O3/c1-28-18-13-9-8-12-16(18)20-22(27-26-15-10-6-5-7-11-15)17-14-19(29-2)24(30-3)25(31-4)21(17)23(20)28/h5-14,26H,1-4H3/b27-22+. The highest BCUT2D eigenvalue weighted by molar-refractivity contribution is 6.31. The zero-order valence-electron chi connectivity index (χ0n) is 17.9. The van der Waals surface area contributed by atoms with Crippen LogP contribution in [0.25, 0.3) is 22.2 Å². The Morgan fingerprint density at radius 2 is 1.52 bits per heavy atom. The zero-order valence-corrected chi connectivity index (χ0v) is 17.9. The first-order valence-electron chi connectivity index (χ1n) is 9.99. The SMILES string of the molecule is COc1cc2c(c(OC)c1OC)-c1c(c3ccccc3n1C)/C2=N/Nc1ccccc1. The summed E-state index contributed by atoms with van der Waals surface area (Å²) in [5.74, 6) is 1.80. The van der Waals surface area contributed by atoms with E-state index in [-0.39, 0.29) is 0 Å². The number of rotatable bonds is 5. The molecular weight excluding hydrogens is 390 g/mol. The lowest BCUT2D eigenvalue weighted by atomic mass is 10.0. The Morgan fingerprint density at radius 3 is 2.23 bits per heavy atom. The van der Waals surface area contributed by atoms with Crippen molar-refractivity contribution in [3.8, 4) is 28.5 Å². The van der Waals surface area contributed by atoms with E-state index in [1.807, 2.05) is 48.5 Å². The van der Waals surface area contributed by atoms with Gasteiger partial charge in [-0.15, -0.1) is 0 Å². The molecular formula is C25H23N3O3. The molecule has 0 radical (unpaired) electrons. The number of aromatic nitrogens is 1. The van der Waals surface area contributed by atoms with Gasteiger partial charge in [0.2, 0.25) is 5.75 Å². The van der Waals surface area contributed by atoms with Crippen LogP contribution in [0.1, 0.15) is 11.1 Å². The van der Waals surface area contributed by atoms with Crippen LogP contribution >= 0.6 is 0 Å². The number of hydrazone groups is 1. The van der Waals surface area contributed by atoms with Crippen LogP contribution in [-0.2, 0) is 7.05 Å². The summed E-state index contributed by atoms with van der Waals surface area (Å²) in [4.78, 5) is 0. The Kier molecular flexibility index (Phi) is 4.55. The molecule has 0 fully saturated rings. The summed E-state index contributed by atoms with van der Waals surface area (Å²) in [6, 6.07) is 20.2. The molecule has 3 aromatic carbocycles. The van der Waals surface area contributed by atoms with Gasteiger partial charge in [0, 0.05) is 29.1 Å². The van der Waals surface area contributed by atoms with Crippen LogP contribution in [0.3, 0.4) is 0 Å². The summed E-state index contributed by atoms with van der Waals surface area (Å²) in [6.45, 7) is 0. The van der Waals surface area contributed by atoms with Crippen molar-refractivity contribution in [1.82, 2.24) is 4.57 Å². The van der Waals surface area contributed by atoms with Gasteiger partial charge in [0.05, 0.1) is 38.3 Å². The van der Waals surface area contributed by atoms with Crippen LogP contribution in [0.2, 0.25) is 0 Å². The van der Waals surface area contributed by atoms with Gasteiger partial charge in [-0.25, -0.2) is 0 Å². The first-order chi connectivity index (χ1) is 15.2. The summed E-state index contributed by atoms with van der Waals surface area (Å²) in [6.07, 6.45) is 0. The average Bonchev–Trinajstić information content (AvgIpc) is 3.29. The van der Waals surface area contributed by atoms with Crippen LogP contribution in [0.4, 0.5) is 5.69 Å². The van der Waals surface area contributed by atoms with E-state index in [1.54, 1.807) is 21.3 Å².